The van der Waals surface area contributed by atoms with Crippen molar-refractivity contribution in [2.75, 3.05) is 5.32 Å². The number of carbonyl (C=O) groups excluding carboxylic acids is 2. The summed E-state index contributed by atoms with van der Waals surface area (Å²) >= 11 is 9.34. The van der Waals surface area contributed by atoms with Crippen LogP contribution < -0.4 is 10.6 Å². The molecule has 0 bridgehead atoms. The fourth-order valence-corrected chi connectivity index (χ4v) is 4.61. The van der Waals surface area contributed by atoms with Gasteiger partial charge in [-0.1, -0.05) is 11.6 Å². The van der Waals surface area contributed by atoms with Gasteiger partial charge in [0, 0.05) is 25.3 Å². The lowest BCUT2D eigenvalue weighted by molar-refractivity contribution is 0.101. The van der Waals surface area contributed by atoms with Crippen LogP contribution in [0.5, 0.6) is 0 Å². The molecule has 0 aliphatic heterocycles. The van der Waals surface area contributed by atoms with Gasteiger partial charge in [-0.2, -0.15) is 5.10 Å². The number of nitrogens with one attached hydrogen (secondary N) is 2. The van der Waals surface area contributed by atoms with E-state index in [1.807, 2.05) is 0 Å². The number of alkyl carbamates (subject to hydrolysis) is 1. The second-order valence-electron chi connectivity index (χ2n) is 7.32. The number of hydrogen-bond acceptors (Lipinski definition) is 5. The number of rotatable bonds is 5. The van der Waals surface area contributed by atoms with E-state index in [-0.39, 0.29) is 23.6 Å². The highest BCUT2D eigenvalue weighted by atomic mass is 79.9. The second kappa shape index (κ2) is 8.91. The number of carbonyl (C=O) groups is 2. The summed E-state index contributed by atoms with van der Waals surface area (Å²) in [4.78, 5) is 29.3. The monoisotopic (exact) mass is 524 g/mol. The van der Waals surface area contributed by atoms with Gasteiger partial charge >= 0.3 is 6.09 Å². The molecule has 3 aromatic rings. The molecule has 2 heterocycles. The second-order valence-corrected chi connectivity index (χ2v) is 8.48. The van der Waals surface area contributed by atoms with E-state index in [0.717, 1.165) is 11.1 Å². The molecule has 0 fully saturated rings. The summed E-state index contributed by atoms with van der Waals surface area (Å²) in [7, 11) is 3.47. The molecule has 2 N–H and O–H groups in total. The van der Waals surface area contributed by atoms with E-state index >= 15 is 0 Å². The third-order valence-corrected chi connectivity index (χ3v) is 6.41. The van der Waals surface area contributed by atoms with Crippen molar-refractivity contribution in [3.05, 3.63) is 62.6 Å². The third kappa shape index (κ3) is 4.35. The molecule has 2 aromatic heterocycles. The van der Waals surface area contributed by atoms with E-state index < -0.39 is 11.9 Å². The number of benzene rings is 1. The molecule has 0 radical (unpaired) electrons. The van der Waals surface area contributed by atoms with Crippen LogP contribution >= 0.6 is 27.5 Å². The number of aromatic nitrogens is 4. The van der Waals surface area contributed by atoms with Crippen LogP contribution in [-0.4, -0.2) is 31.3 Å². The number of fused-ring (bicyclic) bond motifs is 1. The molecule has 1 aliphatic carbocycles. The quantitative estimate of drug-likeness (QED) is 0.526. The third-order valence-electron chi connectivity index (χ3n) is 5.16. The summed E-state index contributed by atoms with van der Waals surface area (Å²) in [5, 5.41) is 9.57. The van der Waals surface area contributed by atoms with Gasteiger partial charge in [0.05, 0.1) is 15.7 Å². The number of halogens is 3. The predicted octanol–water partition coefficient (Wildman–Crippen LogP) is 3.87. The minimum Gasteiger partial charge on any atom is -0.441 e. The Morgan fingerprint density at radius 1 is 1.38 bits per heavy atom. The van der Waals surface area contributed by atoms with Gasteiger partial charge in [0.15, 0.2) is 12.4 Å². The highest BCUT2D eigenvalue weighted by Crippen LogP contribution is 2.40. The molecule has 32 heavy (non-hydrogen) atoms. The van der Waals surface area contributed by atoms with Crippen LogP contribution in [-0.2, 0) is 31.9 Å². The average molecular weight is 526 g/mol. The number of anilines is 1. The van der Waals surface area contributed by atoms with Crippen LogP contribution in [0.4, 0.5) is 14.9 Å². The van der Waals surface area contributed by atoms with Crippen LogP contribution in [0.3, 0.4) is 0 Å². The van der Waals surface area contributed by atoms with Gasteiger partial charge in [-0.25, -0.2) is 14.2 Å². The van der Waals surface area contributed by atoms with Crippen LogP contribution in [0.25, 0.3) is 0 Å². The molecule has 168 valence electrons. The molecule has 1 aromatic carbocycles. The van der Waals surface area contributed by atoms with Crippen molar-refractivity contribution in [2.45, 2.75) is 25.5 Å². The van der Waals surface area contributed by atoms with E-state index in [9.17, 15) is 14.0 Å². The largest absolute Gasteiger partial charge is 0.441 e. The Labute approximate surface area is 196 Å². The van der Waals surface area contributed by atoms with E-state index in [0.29, 0.717) is 34.7 Å². The van der Waals surface area contributed by atoms with Gasteiger partial charge in [-0.3, -0.25) is 9.48 Å². The normalized spacial score (nSPS) is 14.8. The van der Waals surface area contributed by atoms with Crippen molar-refractivity contribution in [3.63, 3.8) is 0 Å². The van der Waals surface area contributed by atoms with Gasteiger partial charge in [-0.15, -0.1) is 0 Å². The molecule has 1 atom stereocenters. The van der Waals surface area contributed by atoms with E-state index in [1.54, 1.807) is 18.7 Å². The maximum absolute atomic E-state index is 13.4. The van der Waals surface area contributed by atoms with Crippen molar-refractivity contribution < 1.29 is 18.7 Å². The minimum atomic E-state index is -0.599. The van der Waals surface area contributed by atoms with Gasteiger partial charge < -0.3 is 19.9 Å². The average Bonchev–Trinajstić information content (AvgIpc) is 3.41. The Balaban J connectivity index is 1.48. The van der Waals surface area contributed by atoms with Gasteiger partial charge in [0.2, 0.25) is 0 Å². The fourth-order valence-electron chi connectivity index (χ4n) is 3.74. The van der Waals surface area contributed by atoms with Gasteiger partial charge in [0.1, 0.15) is 17.8 Å². The Hall–Kier alpha value is -2.92. The SMILES string of the molecule is Cn1cnc(COC(=O)N[C@@H]2CCc3c2c(Br)n(C)c3C(=O)Nc2ccc(F)c(Cl)c2)n1. The van der Waals surface area contributed by atoms with Crippen molar-refractivity contribution in [1.82, 2.24) is 24.6 Å². The van der Waals surface area contributed by atoms with Crippen molar-refractivity contribution >= 4 is 45.2 Å². The highest BCUT2D eigenvalue weighted by Gasteiger charge is 2.34. The summed E-state index contributed by atoms with van der Waals surface area (Å²) < 4.78 is 22.5. The van der Waals surface area contributed by atoms with Crippen LogP contribution in [0.1, 0.15) is 39.9 Å². The van der Waals surface area contributed by atoms with Crippen LogP contribution in [0.2, 0.25) is 5.02 Å². The zero-order valence-corrected chi connectivity index (χ0v) is 19.5. The Morgan fingerprint density at radius 3 is 2.84 bits per heavy atom. The topological polar surface area (TPSA) is 103 Å². The smallest absolute Gasteiger partial charge is 0.408 e. The number of amides is 2. The molecule has 0 saturated carbocycles. The van der Waals surface area contributed by atoms with Crippen LogP contribution in [0, 0.1) is 5.82 Å². The van der Waals surface area contributed by atoms with E-state index in [4.69, 9.17) is 16.3 Å². The summed E-state index contributed by atoms with van der Waals surface area (Å²) in [5.74, 6) is -0.524. The molecule has 9 nitrogen and oxygen atoms in total. The van der Waals surface area contributed by atoms with Crippen molar-refractivity contribution in [2.24, 2.45) is 14.1 Å². The van der Waals surface area contributed by atoms with Crippen molar-refractivity contribution in [3.8, 4) is 0 Å². The highest BCUT2D eigenvalue weighted by molar-refractivity contribution is 9.10. The van der Waals surface area contributed by atoms with E-state index in [2.05, 4.69) is 36.6 Å². The first-order chi connectivity index (χ1) is 15.2. The summed E-state index contributed by atoms with van der Waals surface area (Å²) in [6.45, 7) is -0.0455. The molecule has 12 heteroatoms. The standard InChI is InChI=1S/C20H19BrClFN6O3/c1-28-9-24-15(27-28)8-32-20(31)26-14-6-4-11-16(14)18(21)29(2)17(11)19(30)25-10-3-5-13(23)12(22)7-10/h3,5,7,9,14H,4,6,8H2,1-2H3,(H,25,30)(H,26,31)/t14-/m1/s1. The lowest BCUT2D eigenvalue weighted by Gasteiger charge is -2.14. The lowest BCUT2D eigenvalue weighted by atomic mass is 10.1. The van der Waals surface area contributed by atoms with Crippen molar-refractivity contribution in [1.29, 1.82) is 0 Å². The Morgan fingerprint density at radius 2 is 2.16 bits per heavy atom. The van der Waals surface area contributed by atoms with Gasteiger partial charge in [0.25, 0.3) is 5.91 Å². The Bertz CT molecular complexity index is 1210. The first-order valence-electron chi connectivity index (χ1n) is 9.65. The molecular weight excluding hydrogens is 507 g/mol. The molecule has 0 spiro atoms. The maximum Gasteiger partial charge on any atom is 0.408 e. The molecule has 0 unspecified atom stereocenters. The molecule has 2 amide bonds. The number of ether oxygens (including phenoxy) is 1. The maximum atomic E-state index is 13.4. The first-order valence-corrected chi connectivity index (χ1v) is 10.8. The van der Waals surface area contributed by atoms with Gasteiger partial charge in [-0.05, 0) is 52.5 Å². The Kier molecular flexibility index (Phi) is 6.20. The fraction of sp³-hybridized carbons (Fsp3) is 0.300. The summed E-state index contributed by atoms with van der Waals surface area (Å²) in [5.41, 5.74) is 2.47. The molecule has 4 rings (SSSR count). The summed E-state index contributed by atoms with van der Waals surface area (Å²) in [6.07, 6.45) is 2.13. The predicted molar refractivity (Wildman–Crippen MR) is 118 cm³/mol. The number of hydrogen-bond donors (Lipinski definition) is 2. The minimum absolute atomic E-state index is 0.0455. The lowest BCUT2D eigenvalue weighted by Crippen LogP contribution is -2.28. The zero-order chi connectivity index (χ0) is 23.0. The van der Waals surface area contributed by atoms with E-state index in [1.165, 1.54) is 29.2 Å². The zero-order valence-electron chi connectivity index (χ0n) is 17.2. The molecule has 0 saturated heterocycles. The first kappa shape index (κ1) is 22.3. The van der Waals surface area contributed by atoms with Crippen LogP contribution in [0.15, 0.2) is 29.1 Å². The number of aryl methyl sites for hydroxylation is 1. The molecule has 1 aliphatic rings. The molecular formula is C20H19BrClFN6O3. The summed E-state index contributed by atoms with van der Waals surface area (Å²) in [6, 6.07) is 3.66. The number of nitrogens with zero attached hydrogens (tertiary/aromatic N) is 4.